The molecule has 2 aromatic rings. The maximum absolute atomic E-state index is 13.9. The summed E-state index contributed by atoms with van der Waals surface area (Å²) >= 11 is 0. The first kappa shape index (κ1) is 16.1. The van der Waals surface area contributed by atoms with E-state index >= 15 is 0 Å². The van der Waals surface area contributed by atoms with E-state index in [9.17, 15) is 9.18 Å². The molecule has 7 heteroatoms. The number of imidazole rings is 1. The predicted octanol–water partition coefficient (Wildman–Crippen LogP) is 2.12. The van der Waals surface area contributed by atoms with Gasteiger partial charge in [0.05, 0.1) is 19.4 Å². The Morgan fingerprint density at radius 2 is 2.32 bits per heavy atom. The number of hydrogen-bond donors (Lipinski definition) is 0. The Balaban J connectivity index is 1.51. The largest absolute Gasteiger partial charge is 0.467 e. The molecule has 4 rings (SSSR count). The van der Waals surface area contributed by atoms with E-state index in [2.05, 4.69) is 4.98 Å². The smallest absolute Gasteiger partial charge is 0.227 e. The average molecular weight is 345 g/mol. The summed E-state index contributed by atoms with van der Waals surface area (Å²) < 4.78 is 26.6. The van der Waals surface area contributed by atoms with Crippen molar-refractivity contribution in [3.05, 3.63) is 47.8 Å². The molecule has 1 aromatic carbocycles. The zero-order valence-corrected chi connectivity index (χ0v) is 13.9. The zero-order valence-electron chi connectivity index (χ0n) is 13.9. The number of ether oxygens (including phenoxy) is 2. The first-order valence-electron chi connectivity index (χ1n) is 8.48. The lowest BCUT2D eigenvalue weighted by Crippen LogP contribution is -2.39. The standard InChI is InChI=1S/C18H20FN3O3/c19-15-6-13(18-14(7-15)10-24-12-25-18)8-17(23)22-4-1-2-16(22)9-21-5-3-20-11-21/h3,5-7,11,16H,1-2,4,8-10,12H2/t16-/m1/s1. The molecule has 132 valence electrons. The highest BCUT2D eigenvalue weighted by Gasteiger charge is 2.30. The molecule has 2 aliphatic heterocycles. The summed E-state index contributed by atoms with van der Waals surface area (Å²) in [5.74, 6) is 0.226. The number of carbonyl (C=O) groups is 1. The molecule has 0 saturated carbocycles. The summed E-state index contributed by atoms with van der Waals surface area (Å²) in [7, 11) is 0. The summed E-state index contributed by atoms with van der Waals surface area (Å²) in [5.41, 5.74) is 1.25. The van der Waals surface area contributed by atoms with E-state index in [0.29, 0.717) is 23.5 Å². The second-order valence-corrected chi connectivity index (χ2v) is 6.48. The van der Waals surface area contributed by atoms with Gasteiger partial charge in [0.25, 0.3) is 0 Å². The molecule has 2 aliphatic rings. The van der Waals surface area contributed by atoms with E-state index in [1.165, 1.54) is 12.1 Å². The molecule has 0 unspecified atom stereocenters. The number of benzene rings is 1. The van der Waals surface area contributed by atoms with Gasteiger partial charge in [-0.2, -0.15) is 0 Å². The Bertz CT molecular complexity index is 763. The molecule has 1 atom stereocenters. The van der Waals surface area contributed by atoms with Gasteiger partial charge < -0.3 is 18.9 Å². The molecule has 0 radical (unpaired) electrons. The van der Waals surface area contributed by atoms with Crippen molar-refractivity contribution < 1.29 is 18.7 Å². The average Bonchev–Trinajstić information content (AvgIpc) is 3.27. The van der Waals surface area contributed by atoms with E-state index < -0.39 is 0 Å². The minimum Gasteiger partial charge on any atom is -0.467 e. The van der Waals surface area contributed by atoms with Gasteiger partial charge in [-0.05, 0) is 25.0 Å². The van der Waals surface area contributed by atoms with Gasteiger partial charge in [-0.1, -0.05) is 0 Å². The van der Waals surface area contributed by atoms with Crippen LogP contribution in [0.3, 0.4) is 0 Å². The highest BCUT2D eigenvalue weighted by atomic mass is 19.1. The van der Waals surface area contributed by atoms with Crippen LogP contribution in [0, 0.1) is 5.82 Å². The van der Waals surface area contributed by atoms with E-state index in [-0.39, 0.29) is 31.0 Å². The van der Waals surface area contributed by atoms with E-state index in [1.54, 1.807) is 12.5 Å². The monoisotopic (exact) mass is 345 g/mol. The Morgan fingerprint density at radius 1 is 1.40 bits per heavy atom. The van der Waals surface area contributed by atoms with E-state index in [0.717, 1.165) is 25.9 Å². The van der Waals surface area contributed by atoms with Crippen LogP contribution in [-0.2, 0) is 29.1 Å². The van der Waals surface area contributed by atoms with Gasteiger partial charge in [0.1, 0.15) is 11.6 Å². The quantitative estimate of drug-likeness (QED) is 0.852. The number of nitrogens with zero attached hydrogens (tertiary/aromatic N) is 3. The fraction of sp³-hybridized carbons (Fsp3) is 0.444. The van der Waals surface area contributed by atoms with Crippen molar-refractivity contribution in [3.8, 4) is 5.75 Å². The van der Waals surface area contributed by atoms with Crippen LogP contribution in [0.4, 0.5) is 4.39 Å². The van der Waals surface area contributed by atoms with Crippen LogP contribution in [0.1, 0.15) is 24.0 Å². The molecular weight excluding hydrogens is 325 g/mol. The minimum absolute atomic E-state index is 0.00510. The van der Waals surface area contributed by atoms with Gasteiger partial charge in [0.15, 0.2) is 6.79 Å². The van der Waals surface area contributed by atoms with Crippen LogP contribution in [0.2, 0.25) is 0 Å². The fourth-order valence-electron chi connectivity index (χ4n) is 3.64. The number of aromatic nitrogens is 2. The Morgan fingerprint density at radius 3 is 3.16 bits per heavy atom. The summed E-state index contributed by atoms with van der Waals surface area (Å²) in [4.78, 5) is 18.8. The Kier molecular flexibility index (Phi) is 4.40. The molecule has 25 heavy (non-hydrogen) atoms. The summed E-state index contributed by atoms with van der Waals surface area (Å²) in [5, 5.41) is 0. The van der Waals surface area contributed by atoms with E-state index in [1.807, 2.05) is 15.7 Å². The summed E-state index contributed by atoms with van der Waals surface area (Å²) in [6.07, 6.45) is 7.49. The van der Waals surface area contributed by atoms with Crippen molar-refractivity contribution in [2.75, 3.05) is 13.3 Å². The number of amides is 1. The maximum Gasteiger partial charge on any atom is 0.227 e. The molecule has 6 nitrogen and oxygen atoms in total. The first-order valence-corrected chi connectivity index (χ1v) is 8.48. The minimum atomic E-state index is -0.368. The van der Waals surface area contributed by atoms with Crippen LogP contribution in [0.15, 0.2) is 30.9 Å². The van der Waals surface area contributed by atoms with Crippen LogP contribution in [0.5, 0.6) is 5.75 Å². The number of carbonyl (C=O) groups excluding carboxylic acids is 1. The molecule has 1 amide bonds. The Hall–Kier alpha value is -2.41. The number of rotatable bonds is 4. The molecule has 1 aromatic heterocycles. The van der Waals surface area contributed by atoms with Gasteiger partial charge in [-0.3, -0.25) is 4.79 Å². The van der Waals surface area contributed by atoms with Crippen LogP contribution < -0.4 is 4.74 Å². The predicted molar refractivity (Wildman–Crippen MR) is 87.4 cm³/mol. The highest BCUT2D eigenvalue weighted by Crippen LogP contribution is 2.31. The third-order valence-electron chi connectivity index (χ3n) is 4.77. The topological polar surface area (TPSA) is 56.6 Å². The van der Waals surface area contributed by atoms with Gasteiger partial charge >= 0.3 is 0 Å². The molecule has 1 fully saturated rings. The highest BCUT2D eigenvalue weighted by molar-refractivity contribution is 5.80. The molecule has 3 heterocycles. The SMILES string of the molecule is O=C(Cc1cc(F)cc2c1OCOC2)N1CCC[C@@H]1Cn1ccnc1. The summed E-state index contributed by atoms with van der Waals surface area (Å²) in [6.45, 7) is 1.91. The normalized spacial score (nSPS) is 19.6. The lowest BCUT2D eigenvalue weighted by molar-refractivity contribution is -0.131. The zero-order chi connectivity index (χ0) is 17.2. The molecular formula is C18H20FN3O3. The third-order valence-corrected chi connectivity index (χ3v) is 4.77. The number of fused-ring (bicyclic) bond motifs is 1. The van der Waals surface area contributed by atoms with Crippen LogP contribution in [-0.4, -0.2) is 39.7 Å². The second-order valence-electron chi connectivity index (χ2n) is 6.48. The second kappa shape index (κ2) is 6.84. The van der Waals surface area contributed by atoms with Gasteiger partial charge in [-0.15, -0.1) is 0 Å². The van der Waals surface area contributed by atoms with Crippen molar-refractivity contribution in [3.63, 3.8) is 0 Å². The van der Waals surface area contributed by atoms with Crippen LogP contribution >= 0.6 is 0 Å². The van der Waals surface area contributed by atoms with E-state index in [4.69, 9.17) is 9.47 Å². The maximum atomic E-state index is 13.9. The third kappa shape index (κ3) is 3.37. The van der Waals surface area contributed by atoms with Gasteiger partial charge in [-0.25, -0.2) is 9.37 Å². The van der Waals surface area contributed by atoms with Gasteiger partial charge in [0, 0.05) is 42.7 Å². The van der Waals surface area contributed by atoms with Crippen molar-refractivity contribution >= 4 is 5.91 Å². The fourth-order valence-corrected chi connectivity index (χ4v) is 3.64. The lowest BCUT2D eigenvalue weighted by atomic mass is 10.0. The number of halogens is 1. The molecule has 0 aliphatic carbocycles. The first-order chi connectivity index (χ1) is 12.2. The number of hydrogen-bond acceptors (Lipinski definition) is 4. The molecule has 1 saturated heterocycles. The van der Waals surface area contributed by atoms with Gasteiger partial charge in [0.2, 0.25) is 5.91 Å². The molecule has 0 N–H and O–H groups in total. The molecule has 0 bridgehead atoms. The van der Waals surface area contributed by atoms with Crippen molar-refractivity contribution in [1.82, 2.24) is 14.5 Å². The van der Waals surface area contributed by atoms with Crippen molar-refractivity contribution in [2.24, 2.45) is 0 Å². The summed E-state index contributed by atoms with van der Waals surface area (Å²) in [6, 6.07) is 2.94. The number of likely N-dealkylation sites (tertiary alicyclic amines) is 1. The molecule has 0 spiro atoms. The van der Waals surface area contributed by atoms with Crippen molar-refractivity contribution in [2.45, 2.75) is 38.5 Å². The Labute approximate surface area is 145 Å². The lowest BCUT2D eigenvalue weighted by Gasteiger charge is -2.26. The van der Waals surface area contributed by atoms with Crippen LogP contribution in [0.25, 0.3) is 0 Å². The van der Waals surface area contributed by atoms with Crippen molar-refractivity contribution in [1.29, 1.82) is 0 Å².